The zero-order chi connectivity index (χ0) is 21.0. The Bertz CT molecular complexity index is 1180. The highest BCUT2D eigenvalue weighted by atomic mass is 32.1. The standard InChI is InChI=1S/C23H23N5O2S/c29-22-14-30-21-7-6-17(12-19(21)27-22)20-15-31-23(26-18-4-2-1-3-5-18)28(20)25-13-16-8-10-24-11-9-16/h6-13,15,18H,1-5,14H2,(H,27,29). The minimum atomic E-state index is -0.147. The number of rotatable bonds is 4. The molecular formula is C23H23N5O2S. The zero-order valence-corrected chi connectivity index (χ0v) is 17.8. The van der Waals surface area contributed by atoms with Gasteiger partial charge in [-0.15, -0.1) is 11.3 Å². The molecule has 0 atom stereocenters. The van der Waals surface area contributed by atoms with Gasteiger partial charge in [0.05, 0.1) is 23.6 Å². The Hall–Kier alpha value is -3.26. The van der Waals surface area contributed by atoms with E-state index in [1.165, 1.54) is 19.3 Å². The number of ether oxygens (including phenoxy) is 1. The van der Waals surface area contributed by atoms with E-state index in [2.05, 4.69) is 15.7 Å². The van der Waals surface area contributed by atoms with Gasteiger partial charge in [-0.05, 0) is 48.7 Å². The topological polar surface area (TPSA) is 80.9 Å². The van der Waals surface area contributed by atoms with Crippen molar-refractivity contribution in [2.24, 2.45) is 10.1 Å². The van der Waals surface area contributed by atoms with Crippen LogP contribution in [0.15, 0.2) is 58.2 Å². The molecule has 2 aromatic heterocycles. The summed E-state index contributed by atoms with van der Waals surface area (Å²) in [7, 11) is 0. The maximum atomic E-state index is 11.7. The fraction of sp³-hybridized carbons (Fsp3) is 0.304. The molecule has 2 aliphatic rings. The molecule has 1 amide bonds. The SMILES string of the molecule is O=C1COc2ccc(-c3csc(=NC4CCCCC4)n3N=Cc3ccncc3)cc2N1. The van der Waals surface area contributed by atoms with Gasteiger partial charge in [-0.2, -0.15) is 5.10 Å². The molecule has 0 saturated heterocycles. The predicted octanol–water partition coefficient (Wildman–Crippen LogP) is 4.06. The Balaban J connectivity index is 1.57. The summed E-state index contributed by atoms with van der Waals surface area (Å²) in [5, 5.41) is 9.72. The van der Waals surface area contributed by atoms with Crippen molar-refractivity contribution >= 4 is 29.1 Å². The molecule has 0 radical (unpaired) electrons. The minimum absolute atomic E-state index is 0.0471. The van der Waals surface area contributed by atoms with Crippen molar-refractivity contribution in [3.05, 3.63) is 58.5 Å². The van der Waals surface area contributed by atoms with E-state index in [-0.39, 0.29) is 12.5 Å². The molecule has 0 spiro atoms. The largest absolute Gasteiger partial charge is 0.482 e. The number of nitrogens with one attached hydrogen (secondary N) is 1. The van der Waals surface area contributed by atoms with Crippen LogP contribution in [0.2, 0.25) is 0 Å². The van der Waals surface area contributed by atoms with Crippen molar-refractivity contribution in [2.45, 2.75) is 38.1 Å². The van der Waals surface area contributed by atoms with Crippen molar-refractivity contribution in [3.8, 4) is 17.0 Å². The Morgan fingerprint density at radius 1 is 1.16 bits per heavy atom. The number of hydrogen-bond donors (Lipinski definition) is 1. The first kappa shape index (κ1) is 19.7. The van der Waals surface area contributed by atoms with Gasteiger partial charge >= 0.3 is 0 Å². The van der Waals surface area contributed by atoms with Gasteiger partial charge in [-0.25, -0.2) is 4.68 Å². The van der Waals surface area contributed by atoms with Gasteiger partial charge in [-0.1, -0.05) is 19.3 Å². The maximum absolute atomic E-state index is 11.7. The van der Waals surface area contributed by atoms with Gasteiger partial charge in [0, 0.05) is 23.3 Å². The second kappa shape index (κ2) is 8.85. The highest BCUT2D eigenvalue weighted by Crippen LogP contribution is 2.33. The summed E-state index contributed by atoms with van der Waals surface area (Å²) in [6, 6.07) is 9.98. The van der Waals surface area contributed by atoms with Crippen molar-refractivity contribution in [1.82, 2.24) is 9.66 Å². The fourth-order valence-corrected chi connectivity index (χ4v) is 4.79. The molecule has 7 nitrogen and oxygen atoms in total. The summed E-state index contributed by atoms with van der Waals surface area (Å²) < 4.78 is 7.39. The van der Waals surface area contributed by atoms with E-state index in [0.717, 1.165) is 34.5 Å². The van der Waals surface area contributed by atoms with E-state index in [1.807, 2.05) is 41.2 Å². The summed E-state index contributed by atoms with van der Waals surface area (Å²) in [4.78, 5) is 21.7. The van der Waals surface area contributed by atoms with Crippen LogP contribution < -0.4 is 14.9 Å². The Labute approximate surface area is 184 Å². The summed E-state index contributed by atoms with van der Waals surface area (Å²) >= 11 is 1.59. The van der Waals surface area contributed by atoms with Crippen molar-refractivity contribution < 1.29 is 9.53 Å². The number of hydrogen-bond acceptors (Lipinski definition) is 6. The smallest absolute Gasteiger partial charge is 0.262 e. The number of carbonyl (C=O) groups excluding carboxylic acids is 1. The monoisotopic (exact) mass is 433 g/mol. The third-order valence-corrected chi connectivity index (χ3v) is 6.32. The highest BCUT2D eigenvalue weighted by Gasteiger charge is 2.18. The van der Waals surface area contributed by atoms with E-state index in [4.69, 9.17) is 14.8 Å². The Morgan fingerprint density at radius 3 is 2.84 bits per heavy atom. The van der Waals surface area contributed by atoms with Crippen LogP contribution in [0.1, 0.15) is 37.7 Å². The van der Waals surface area contributed by atoms with Crippen LogP contribution in [0.4, 0.5) is 5.69 Å². The normalized spacial score (nSPS) is 17.4. The fourth-order valence-electron chi connectivity index (χ4n) is 3.88. The lowest BCUT2D eigenvalue weighted by Crippen LogP contribution is -2.25. The van der Waals surface area contributed by atoms with E-state index in [1.54, 1.807) is 23.7 Å². The molecule has 1 N–H and O–H groups in total. The van der Waals surface area contributed by atoms with Crippen LogP contribution in [0.3, 0.4) is 0 Å². The predicted molar refractivity (Wildman–Crippen MR) is 122 cm³/mol. The van der Waals surface area contributed by atoms with E-state index < -0.39 is 0 Å². The molecular weight excluding hydrogens is 410 g/mol. The van der Waals surface area contributed by atoms with Crippen molar-refractivity contribution in [2.75, 3.05) is 11.9 Å². The lowest BCUT2D eigenvalue weighted by atomic mass is 9.96. The molecule has 0 bridgehead atoms. The highest BCUT2D eigenvalue weighted by molar-refractivity contribution is 7.07. The average Bonchev–Trinajstić information content (AvgIpc) is 3.21. The molecule has 8 heteroatoms. The summed E-state index contributed by atoms with van der Waals surface area (Å²) in [6.07, 6.45) is 11.3. The molecule has 1 aliphatic carbocycles. The lowest BCUT2D eigenvalue weighted by molar-refractivity contribution is -0.118. The second-order valence-electron chi connectivity index (χ2n) is 7.71. The first-order chi connectivity index (χ1) is 15.3. The van der Waals surface area contributed by atoms with Gasteiger partial charge in [-0.3, -0.25) is 14.8 Å². The minimum Gasteiger partial charge on any atom is -0.482 e. The van der Waals surface area contributed by atoms with Gasteiger partial charge in [0.15, 0.2) is 6.61 Å². The van der Waals surface area contributed by atoms with Gasteiger partial charge < -0.3 is 10.1 Å². The molecule has 0 unspecified atom stereocenters. The lowest BCUT2D eigenvalue weighted by Gasteiger charge is -2.18. The molecule has 1 saturated carbocycles. The van der Waals surface area contributed by atoms with Crippen LogP contribution in [-0.2, 0) is 4.79 Å². The summed E-state index contributed by atoms with van der Waals surface area (Å²) in [6.45, 7) is 0.0471. The Kier molecular flexibility index (Phi) is 5.62. The molecule has 1 aromatic carbocycles. The number of nitrogens with zero attached hydrogens (tertiary/aromatic N) is 4. The van der Waals surface area contributed by atoms with Crippen LogP contribution in [0.25, 0.3) is 11.3 Å². The summed E-state index contributed by atoms with van der Waals surface area (Å²) in [5.74, 6) is 0.532. The van der Waals surface area contributed by atoms with Crippen LogP contribution >= 0.6 is 11.3 Å². The molecule has 31 heavy (non-hydrogen) atoms. The van der Waals surface area contributed by atoms with Crippen molar-refractivity contribution in [1.29, 1.82) is 0 Å². The number of aromatic nitrogens is 2. The van der Waals surface area contributed by atoms with Crippen molar-refractivity contribution in [3.63, 3.8) is 0 Å². The number of benzene rings is 1. The number of amides is 1. The van der Waals surface area contributed by atoms with Gasteiger partial charge in [0.1, 0.15) is 5.75 Å². The molecule has 1 aliphatic heterocycles. The number of anilines is 1. The number of pyridine rings is 1. The third kappa shape index (κ3) is 4.44. The quantitative estimate of drug-likeness (QED) is 0.630. The second-order valence-corrected chi connectivity index (χ2v) is 8.55. The number of carbonyl (C=O) groups is 1. The first-order valence-corrected chi connectivity index (χ1v) is 11.4. The van der Waals surface area contributed by atoms with E-state index in [0.29, 0.717) is 17.5 Å². The van der Waals surface area contributed by atoms with Crippen LogP contribution in [0.5, 0.6) is 5.75 Å². The molecule has 1 fully saturated rings. The van der Waals surface area contributed by atoms with E-state index in [9.17, 15) is 4.79 Å². The molecule has 3 aromatic rings. The van der Waals surface area contributed by atoms with Crippen LogP contribution in [-0.4, -0.2) is 34.4 Å². The maximum Gasteiger partial charge on any atom is 0.262 e. The average molecular weight is 434 g/mol. The third-order valence-electron chi connectivity index (χ3n) is 5.49. The first-order valence-electron chi connectivity index (χ1n) is 10.5. The number of fused-ring (bicyclic) bond motifs is 1. The van der Waals surface area contributed by atoms with E-state index >= 15 is 0 Å². The summed E-state index contributed by atoms with van der Waals surface area (Å²) in [5.41, 5.74) is 3.51. The van der Waals surface area contributed by atoms with Gasteiger partial charge in [0.2, 0.25) is 4.80 Å². The Morgan fingerprint density at radius 2 is 2.00 bits per heavy atom. The molecule has 3 heterocycles. The molecule has 5 rings (SSSR count). The van der Waals surface area contributed by atoms with Crippen LogP contribution in [0, 0.1) is 0 Å². The number of thiazole rings is 1. The zero-order valence-electron chi connectivity index (χ0n) is 17.0. The van der Waals surface area contributed by atoms with Gasteiger partial charge in [0.25, 0.3) is 5.91 Å². The molecule has 158 valence electrons.